The molecule has 37 heavy (non-hydrogen) atoms. The molecule has 5 rings (SSSR count). The first kappa shape index (κ1) is 25.9. The molecule has 0 N–H and O–H groups in total. The quantitative estimate of drug-likeness (QED) is 0.416. The summed E-state index contributed by atoms with van der Waals surface area (Å²) in [5.41, 5.74) is -2.98. The fourth-order valence-electron chi connectivity index (χ4n) is 4.80. The number of benzene rings is 2. The highest BCUT2D eigenvalue weighted by atomic mass is 35.5. The van der Waals surface area contributed by atoms with Crippen LogP contribution in [0.4, 0.5) is 22.0 Å². The van der Waals surface area contributed by atoms with Gasteiger partial charge in [0.15, 0.2) is 21.5 Å². The van der Waals surface area contributed by atoms with Crippen molar-refractivity contribution in [3.63, 3.8) is 0 Å². The number of likely N-dealkylation sites (tertiary alicyclic amines) is 1. The third kappa shape index (κ3) is 4.26. The molecule has 0 unspecified atom stereocenters. The summed E-state index contributed by atoms with van der Waals surface area (Å²) in [5.74, 6) is -4.17. The molecule has 3 aliphatic heterocycles. The van der Waals surface area contributed by atoms with Crippen molar-refractivity contribution < 1.29 is 44.7 Å². The summed E-state index contributed by atoms with van der Waals surface area (Å²) in [6, 6.07) is 5.84. The Morgan fingerprint density at radius 2 is 1.89 bits per heavy atom. The number of rotatable bonds is 4. The number of carbonyl (C=O) groups is 1. The van der Waals surface area contributed by atoms with Gasteiger partial charge in [-0.15, -0.1) is 0 Å². The number of hydrogen-bond donors (Lipinski definition) is 0. The molecular formula is C23H18ClF5N2O5S. The molecule has 3 aliphatic rings. The number of sulfone groups is 1. The van der Waals surface area contributed by atoms with E-state index in [4.69, 9.17) is 21.2 Å². The average molecular weight is 565 g/mol. The zero-order valence-electron chi connectivity index (χ0n) is 19.0. The fraction of sp³-hybridized carbons (Fsp3) is 0.391. The minimum Gasteiger partial charge on any atom is -0.374 e. The van der Waals surface area contributed by atoms with Crippen molar-refractivity contribution in [3.05, 3.63) is 69.2 Å². The SMILES string of the molecule is CS(=O)(=O)CC(=O)N1CC2(C1)OCc1cc(C3=NO[C@@](c4cc(F)c(F)c(Cl)c4)(C(F)(F)F)C3)ccc12. The number of carbonyl (C=O) groups excluding carboxylic acids is 1. The normalized spacial score (nSPS) is 22.5. The molecule has 7 nitrogen and oxygen atoms in total. The number of oxime groups is 1. The van der Waals surface area contributed by atoms with Crippen LogP contribution in [-0.2, 0) is 42.0 Å². The van der Waals surface area contributed by atoms with Gasteiger partial charge in [0.1, 0.15) is 11.4 Å². The van der Waals surface area contributed by atoms with Crippen LogP contribution in [0.15, 0.2) is 35.5 Å². The molecule has 198 valence electrons. The van der Waals surface area contributed by atoms with Crippen molar-refractivity contribution in [3.8, 4) is 0 Å². The Morgan fingerprint density at radius 1 is 1.19 bits per heavy atom. The van der Waals surface area contributed by atoms with Crippen LogP contribution in [0.5, 0.6) is 0 Å². The molecule has 0 aromatic heterocycles. The van der Waals surface area contributed by atoms with E-state index in [0.717, 1.165) is 11.8 Å². The van der Waals surface area contributed by atoms with Crippen molar-refractivity contribution >= 4 is 33.1 Å². The first-order valence-corrected chi connectivity index (χ1v) is 13.3. The summed E-state index contributed by atoms with van der Waals surface area (Å²) in [6.45, 7) is 0.409. The van der Waals surface area contributed by atoms with E-state index in [1.165, 1.54) is 11.0 Å². The number of hydrogen-bond acceptors (Lipinski definition) is 6. The standard InChI is InChI=1S/C23H18ClF5N2O5S/c1-37(33,34)9-19(32)31-10-21(11-31)15-3-2-12(4-13(15)8-35-21)18-7-22(36-30-18,23(27,28)29)14-5-16(24)20(26)17(25)6-14/h2-6H,7-11H2,1H3/t22-/m0/s1. The number of halogens is 6. The van der Waals surface area contributed by atoms with E-state index in [1.807, 2.05) is 0 Å². The molecule has 14 heteroatoms. The van der Waals surface area contributed by atoms with Crippen LogP contribution < -0.4 is 0 Å². The molecule has 0 radical (unpaired) electrons. The van der Waals surface area contributed by atoms with Gasteiger partial charge in [-0.1, -0.05) is 28.9 Å². The van der Waals surface area contributed by atoms with Crippen molar-refractivity contribution in [1.29, 1.82) is 0 Å². The van der Waals surface area contributed by atoms with Gasteiger partial charge in [-0.05, 0) is 34.9 Å². The van der Waals surface area contributed by atoms with E-state index in [-0.39, 0.29) is 25.4 Å². The highest BCUT2D eigenvalue weighted by Gasteiger charge is 2.62. The van der Waals surface area contributed by atoms with Gasteiger partial charge >= 0.3 is 6.18 Å². The van der Waals surface area contributed by atoms with Crippen LogP contribution in [0, 0.1) is 11.6 Å². The molecule has 2 aromatic carbocycles. The van der Waals surface area contributed by atoms with Crippen molar-refractivity contribution in [1.82, 2.24) is 4.90 Å². The van der Waals surface area contributed by atoms with Gasteiger partial charge in [0.05, 0.1) is 30.4 Å². The molecule has 1 fully saturated rings. The minimum absolute atomic E-state index is 0.0690. The zero-order chi connectivity index (χ0) is 27.0. The number of ether oxygens (including phenoxy) is 1. The maximum Gasteiger partial charge on any atom is 0.435 e. The maximum atomic E-state index is 14.2. The highest BCUT2D eigenvalue weighted by Crippen LogP contribution is 2.50. The van der Waals surface area contributed by atoms with Gasteiger partial charge in [0, 0.05) is 18.2 Å². The van der Waals surface area contributed by atoms with Crippen LogP contribution >= 0.6 is 11.6 Å². The summed E-state index contributed by atoms with van der Waals surface area (Å²) in [6.07, 6.45) is -4.88. The van der Waals surface area contributed by atoms with Gasteiger partial charge in [-0.25, -0.2) is 17.2 Å². The van der Waals surface area contributed by atoms with Crippen LogP contribution in [0.1, 0.15) is 28.7 Å². The van der Waals surface area contributed by atoms with Crippen LogP contribution in [0.3, 0.4) is 0 Å². The first-order chi connectivity index (χ1) is 17.1. The lowest BCUT2D eigenvalue weighted by molar-refractivity contribution is -0.276. The van der Waals surface area contributed by atoms with E-state index < -0.39 is 67.5 Å². The van der Waals surface area contributed by atoms with Crippen molar-refractivity contribution in [2.45, 2.75) is 30.4 Å². The monoisotopic (exact) mass is 564 g/mol. The third-order valence-corrected chi connectivity index (χ3v) is 7.75. The van der Waals surface area contributed by atoms with Crippen molar-refractivity contribution in [2.75, 3.05) is 25.1 Å². The maximum absolute atomic E-state index is 14.2. The van der Waals surface area contributed by atoms with Gasteiger partial charge < -0.3 is 14.5 Å². The summed E-state index contributed by atoms with van der Waals surface area (Å²) in [4.78, 5) is 18.4. The lowest BCUT2D eigenvalue weighted by Crippen LogP contribution is -2.62. The Kier molecular flexibility index (Phi) is 5.85. The predicted octanol–water partition coefficient (Wildman–Crippen LogP) is 3.81. The molecule has 1 spiro atoms. The fourth-order valence-corrected chi connectivity index (χ4v) is 5.64. The van der Waals surface area contributed by atoms with E-state index in [2.05, 4.69) is 5.16 Å². The highest BCUT2D eigenvalue weighted by molar-refractivity contribution is 7.91. The van der Waals surface area contributed by atoms with E-state index >= 15 is 0 Å². The first-order valence-electron chi connectivity index (χ1n) is 10.8. The van der Waals surface area contributed by atoms with E-state index in [0.29, 0.717) is 23.3 Å². The van der Waals surface area contributed by atoms with Crippen LogP contribution in [-0.4, -0.2) is 56.2 Å². The second kappa shape index (κ2) is 8.37. The molecule has 1 saturated heterocycles. The Morgan fingerprint density at radius 3 is 2.51 bits per heavy atom. The number of amides is 1. The Bertz CT molecular complexity index is 1430. The Labute approximate surface area is 212 Å². The van der Waals surface area contributed by atoms with Gasteiger partial charge in [-0.3, -0.25) is 4.79 Å². The van der Waals surface area contributed by atoms with Crippen molar-refractivity contribution in [2.24, 2.45) is 5.16 Å². The molecular weight excluding hydrogens is 547 g/mol. The molecule has 3 heterocycles. The predicted molar refractivity (Wildman–Crippen MR) is 121 cm³/mol. The Balaban J connectivity index is 1.38. The number of fused-ring (bicyclic) bond motifs is 2. The topological polar surface area (TPSA) is 85.3 Å². The molecule has 1 amide bonds. The second-order valence-electron chi connectivity index (χ2n) is 9.36. The summed E-state index contributed by atoms with van der Waals surface area (Å²) in [5, 5.41) is 2.82. The zero-order valence-corrected chi connectivity index (χ0v) is 20.6. The van der Waals surface area contributed by atoms with E-state index in [1.54, 1.807) is 12.1 Å². The largest absolute Gasteiger partial charge is 0.435 e. The average Bonchev–Trinajstić information content (AvgIpc) is 3.37. The van der Waals surface area contributed by atoms with Crippen LogP contribution in [0.2, 0.25) is 5.02 Å². The smallest absolute Gasteiger partial charge is 0.374 e. The lowest BCUT2D eigenvalue weighted by Gasteiger charge is -2.47. The lowest BCUT2D eigenvalue weighted by atomic mass is 9.83. The minimum atomic E-state index is -5.04. The molecule has 1 atom stereocenters. The summed E-state index contributed by atoms with van der Waals surface area (Å²) in [7, 11) is -3.49. The van der Waals surface area contributed by atoms with Gasteiger partial charge in [0.2, 0.25) is 5.91 Å². The van der Waals surface area contributed by atoms with Gasteiger partial charge in [-0.2, -0.15) is 13.2 Å². The van der Waals surface area contributed by atoms with Gasteiger partial charge in [0.25, 0.3) is 5.60 Å². The second-order valence-corrected chi connectivity index (χ2v) is 11.9. The number of alkyl halides is 3. The third-order valence-electron chi connectivity index (χ3n) is 6.70. The number of nitrogens with zero attached hydrogens (tertiary/aromatic N) is 2. The molecule has 2 aromatic rings. The van der Waals surface area contributed by atoms with E-state index in [9.17, 15) is 35.2 Å². The molecule has 0 saturated carbocycles. The molecule has 0 aliphatic carbocycles. The summed E-state index contributed by atoms with van der Waals surface area (Å²) >= 11 is 5.59. The molecule has 0 bridgehead atoms. The van der Waals surface area contributed by atoms with Crippen LogP contribution in [0.25, 0.3) is 0 Å². The summed E-state index contributed by atoms with van der Waals surface area (Å²) < 4.78 is 98.8. The Hall–Kier alpha value is -2.77.